The molecule has 0 saturated carbocycles. The van der Waals surface area contributed by atoms with Gasteiger partial charge in [0.1, 0.15) is 0 Å². The number of anilines is 9. The van der Waals surface area contributed by atoms with Gasteiger partial charge in [-0.3, -0.25) is 0 Å². The van der Waals surface area contributed by atoms with Gasteiger partial charge in [0.05, 0.1) is 22.4 Å². The smallest absolute Gasteiger partial charge is 0.0542 e. The van der Waals surface area contributed by atoms with Gasteiger partial charge in [-0.05, 0) is 120 Å². The summed E-state index contributed by atoms with van der Waals surface area (Å²) in [5.74, 6) is 0. The predicted octanol–water partition coefficient (Wildman–Crippen LogP) is 18.5. The van der Waals surface area contributed by atoms with Crippen LogP contribution in [-0.2, 0) is 0 Å². The van der Waals surface area contributed by atoms with E-state index in [4.69, 9.17) is 0 Å². The van der Waals surface area contributed by atoms with Gasteiger partial charge in [-0.2, -0.15) is 0 Å². The van der Waals surface area contributed by atoms with Crippen LogP contribution in [-0.4, -0.2) is 4.57 Å². The maximum absolute atomic E-state index is 2.42. The minimum atomic E-state index is 1.02. The summed E-state index contributed by atoms with van der Waals surface area (Å²) < 4.78 is 2.38. The van der Waals surface area contributed by atoms with E-state index in [1.165, 1.54) is 16.3 Å². The Kier molecular flexibility index (Phi) is 11.2. The lowest BCUT2D eigenvalue weighted by molar-refractivity contribution is 1.18. The molecule has 0 spiro atoms. The second-order valence-corrected chi connectivity index (χ2v) is 17.4. The predicted molar refractivity (Wildman–Crippen MR) is 296 cm³/mol. The Morgan fingerprint density at radius 1 is 0.229 bits per heavy atom. The second-order valence-electron chi connectivity index (χ2n) is 17.4. The molecule has 4 heteroatoms. The van der Waals surface area contributed by atoms with E-state index in [9.17, 15) is 0 Å². The van der Waals surface area contributed by atoms with Crippen LogP contribution >= 0.6 is 0 Å². The molecule has 70 heavy (non-hydrogen) atoms. The Labute approximate surface area is 409 Å². The van der Waals surface area contributed by atoms with E-state index in [0.29, 0.717) is 0 Å². The topological polar surface area (TPSA) is 14.7 Å². The monoisotopic (exact) mass is 896 g/mol. The van der Waals surface area contributed by atoms with Crippen LogP contribution in [0, 0.1) is 0 Å². The lowest BCUT2D eigenvalue weighted by Crippen LogP contribution is -2.15. The van der Waals surface area contributed by atoms with E-state index in [-0.39, 0.29) is 0 Å². The lowest BCUT2D eigenvalue weighted by Gasteiger charge is -2.32. The molecule has 11 aromatic carbocycles. The third kappa shape index (κ3) is 7.93. The minimum absolute atomic E-state index is 1.02. The van der Waals surface area contributed by atoms with Crippen molar-refractivity contribution < 1.29 is 0 Å². The van der Waals surface area contributed by atoms with E-state index < -0.39 is 0 Å². The maximum Gasteiger partial charge on any atom is 0.0542 e. The van der Waals surface area contributed by atoms with Gasteiger partial charge in [-0.25, -0.2) is 0 Å². The molecule has 4 nitrogen and oxygen atoms in total. The summed E-state index contributed by atoms with van der Waals surface area (Å²) in [7, 11) is 0. The fraction of sp³-hybridized carbons (Fsp3) is 0. The molecule has 0 amide bonds. The van der Waals surface area contributed by atoms with Crippen LogP contribution in [0.15, 0.2) is 291 Å². The van der Waals surface area contributed by atoms with E-state index in [1.807, 2.05) is 0 Å². The van der Waals surface area contributed by atoms with Crippen LogP contribution < -0.4 is 14.7 Å². The zero-order chi connectivity index (χ0) is 46.6. The number of hydrogen-bond donors (Lipinski definition) is 0. The zero-order valence-corrected chi connectivity index (χ0v) is 38.5. The molecule has 0 bridgehead atoms. The first-order valence-corrected chi connectivity index (χ1v) is 23.8. The Bertz CT molecular complexity index is 3550. The summed E-state index contributed by atoms with van der Waals surface area (Å²) in [5, 5.41) is 2.38. The van der Waals surface area contributed by atoms with Crippen LogP contribution in [0.2, 0.25) is 0 Å². The van der Waals surface area contributed by atoms with Gasteiger partial charge in [-0.1, -0.05) is 182 Å². The standard InChI is InChI=1S/C66H48N4/c1-6-24-49(25-7-1)59-38-16-19-41-63(59)68(51-28-10-3-11-29-51)56-36-22-34-54(46-56)67(58-44-45-66-62(48-58)61-40-18-21-43-65(61)70(66)53-32-14-5-15-33-53)55-35-23-37-57(47-55)69(52-30-12-4-13-31-52)64-42-20-17-39-60(64)50-26-8-2-9-27-50/h1-48H. The van der Waals surface area contributed by atoms with Crippen LogP contribution in [0.1, 0.15) is 0 Å². The first-order valence-electron chi connectivity index (χ1n) is 23.8. The van der Waals surface area contributed by atoms with Crippen molar-refractivity contribution in [3.05, 3.63) is 291 Å². The number of nitrogens with zero attached hydrogens (tertiary/aromatic N) is 4. The molecular formula is C66H48N4. The number of rotatable bonds is 12. The van der Waals surface area contributed by atoms with Crippen molar-refractivity contribution >= 4 is 73.0 Å². The van der Waals surface area contributed by atoms with Crippen molar-refractivity contribution in [2.75, 3.05) is 14.7 Å². The highest BCUT2D eigenvalue weighted by Gasteiger charge is 2.23. The normalized spacial score (nSPS) is 11.1. The summed E-state index contributed by atoms with van der Waals surface area (Å²) in [5.41, 5.74) is 17.6. The Morgan fingerprint density at radius 3 is 1.11 bits per heavy atom. The van der Waals surface area contributed by atoms with Gasteiger partial charge in [0.2, 0.25) is 0 Å². The summed E-state index contributed by atoms with van der Waals surface area (Å²) in [4.78, 5) is 7.18. The molecular weight excluding hydrogens is 849 g/mol. The van der Waals surface area contributed by atoms with E-state index in [1.54, 1.807) is 0 Å². The summed E-state index contributed by atoms with van der Waals surface area (Å²) in [6.45, 7) is 0. The first-order chi connectivity index (χ1) is 34.8. The maximum atomic E-state index is 2.42. The molecule has 1 aromatic heterocycles. The number of aromatic nitrogens is 1. The van der Waals surface area contributed by atoms with Crippen LogP contribution in [0.5, 0.6) is 0 Å². The molecule has 0 N–H and O–H groups in total. The Hall–Kier alpha value is -9.38. The van der Waals surface area contributed by atoms with Crippen molar-refractivity contribution in [1.82, 2.24) is 4.57 Å². The van der Waals surface area contributed by atoms with Crippen LogP contribution in [0.25, 0.3) is 49.7 Å². The average Bonchev–Trinajstić information content (AvgIpc) is 3.77. The quantitative estimate of drug-likeness (QED) is 0.121. The first kappa shape index (κ1) is 42.0. The van der Waals surface area contributed by atoms with Crippen LogP contribution in [0.3, 0.4) is 0 Å². The summed E-state index contributed by atoms with van der Waals surface area (Å²) >= 11 is 0. The molecule has 0 radical (unpaired) electrons. The molecule has 12 rings (SSSR count). The van der Waals surface area contributed by atoms with Crippen molar-refractivity contribution in [3.8, 4) is 27.9 Å². The molecule has 12 aromatic rings. The van der Waals surface area contributed by atoms with Crippen LogP contribution in [0.4, 0.5) is 51.2 Å². The number of fused-ring (bicyclic) bond motifs is 3. The molecule has 0 aliphatic rings. The van der Waals surface area contributed by atoms with Gasteiger partial charge in [-0.15, -0.1) is 0 Å². The average molecular weight is 897 g/mol. The summed E-state index contributed by atoms with van der Waals surface area (Å²) in [6.07, 6.45) is 0. The molecule has 0 saturated heterocycles. The van der Waals surface area contributed by atoms with Crippen molar-refractivity contribution in [1.29, 1.82) is 0 Å². The van der Waals surface area contributed by atoms with Gasteiger partial charge in [0.25, 0.3) is 0 Å². The molecule has 0 atom stereocenters. The Balaban J connectivity index is 1.08. The lowest BCUT2D eigenvalue weighted by atomic mass is 10.0. The van der Waals surface area contributed by atoms with E-state index in [2.05, 4.69) is 310 Å². The largest absolute Gasteiger partial charge is 0.310 e. The number of para-hydroxylation sites is 6. The summed E-state index contributed by atoms with van der Waals surface area (Å²) in [6, 6.07) is 104. The Morgan fingerprint density at radius 2 is 0.600 bits per heavy atom. The molecule has 0 aliphatic heterocycles. The van der Waals surface area contributed by atoms with Gasteiger partial charge >= 0.3 is 0 Å². The molecule has 1 heterocycles. The SMILES string of the molecule is c1ccc(-c2ccccc2N(c2ccccc2)c2cccc(N(c3cccc(N(c4ccccc4)c4ccccc4-c4ccccc4)c3)c3ccc4c(c3)c3ccccc3n4-c3ccccc3)c2)cc1. The molecule has 332 valence electrons. The third-order valence-electron chi connectivity index (χ3n) is 13.1. The molecule has 0 aliphatic carbocycles. The fourth-order valence-corrected chi connectivity index (χ4v) is 10.0. The molecule has 0 unspecified atom stereocenters. The van der Waals surface area contributed by atoms with Gasteiger partial charge in [0, 0.05) is 67.4 Å². The highest BCUT2D eigenvalue weighted by Crippen LogP contribution is 2.47. The highest BCUT2D eigenvalue weighted by atomic mass is 15.2. The third-order valence-corrected chi connectivity index (χ3v) is 13.1. The van der Waals surface area contributed by atoms with Gasteiger partial charge in [0.15, 0.2) is 0 Å². The van der Waals surface area contributed by atoms with Crippen molar-refractivity contribution in [2.24, 2.45) is 0 Å². The molecule has 0 fully saturated rings. The highest BCUT2D eigenvalue weighted by molar-refractivity contribution is 6.11. The van der Waals surface area contributed by atoms with Crippen molar-refractivity contribution in [3.63, 3.8) is 0 Å². The zero-order valence-electron chi connectivity index (χ0n) is 38.5. The fourth-order valence-electron chi connectivity index (χ4n) is 10.0. The number of hydrogen-bond acceptors (Lipinski definition) is 3. The minimum Gasteiger partial charge on any atom is -0.310 e. The second kappa shape index (κ2) is 18.7. The van der Waals surface area contributed by atoms with Crippen molar-refractivity contribution in [2.45, 2.75) is 0 Å². The van der Waals surface area contributed by atoms with Gasteiger partial charge < -0.3 is 19.3 Å². The van der Waals surface area contributed by atoms with E-state index in [0.717, 1.165) is 84.6 Å². The van der Waals surface area contributed by atoms with E-state index >= 15 is 0 Å². The number of benzene rings is 11.